The van der Waals surface area contributed by atoms with Crippen molar-refractivity contribution in [2.24, 2.45) is 0 Å². The summed E-state index contributed by atoms with van der Waals surface area (Å²) in [5, 5.41) is 0. The Morgan fingerprint density at radius 3 is 0.845 bits per heavy atom. The lowest BCUT2D eigenvalue weighted by atomic mass is 10.0. The Bertz CT molecular complexity index is 1190. The van der Waals surface area contributed by atoms with E-state index in [-0.39, 0.29) is 31.1 Å². The second-order valence-corrected chi connectivity index (χ2v) is 21.3. The fourth-order valence-corrected chi connectivity index (χ4v) is 9.40. The average Bonchev–Trinajstić information content (AvgIpc) is 3.37. The molecule has 0 radical (unpaired) electrons. The van der Waals surface area contributed by atoms with E-state index in [2.05, 4.69) is 57.2 Å². The zero-order chi connectivity index (χ0) is 51.4. The van der Waals surface area contributed by atoms with Crippen LogP contribution in [0, 0.1) is 0 Å². The van der Waals surface area contributed by atoms with Crippen molar-refractivity contribution >= 4 is 17.9 Å². The Balaban J connectivity index is 4.38. The molecule has 0 unspecified atom stereocenters. The van der Waals surface area contributed by atoms with Gasteiger partial charge in [0.15, 0.2) is 6.10 Å². The molecule has 0 aromatic heterocycles. The summed E-state index contributed by atoms with van der Waals surface area (Å²) in [5.41, 5.74) is 0. The van der Waals surface area contributed by atoms with Gasteiger partial charge in [0.05, 0.1) is 0 Å². The molecule has 0 saturated heterocycles. The average molecular weight is 998 g/mol. The van der Waals surface area contributed by atoms with Gasteiger partial charge in [0.25, 0.3) is 0 Å². The van der Waals surface area contributed by atoms with Crippen molar-refractivity contribution in [3.8, 4) is 0 Å². The molecular formula is C65H120O6. The van der Waals surface area contributed by atoms with E-state index < -0.39 is 6.10 Å². The second kappa shape index (κ2) is 60.2. The molecule has 0 aromatic carbocycles. The molecule has 0 aliphatic rings. The van der Waals surface area contributed by atoms with Gasteiger partial charge in [-0.05, 0) is 51.4 Å². The normalized spacial score (nSPS) is 12.2. The summed E-state index contributed by atoms with van der Waals surface area (Å²) >= 11 is 0. The van der Waals surface area contributed by atoms with E-state index in [0.717, 1.165) is 57.8 Å². The largest absolute Gasteiger partial charge is 0.462 e. The first-order chi connectivity index (χ1) is 35.0. The molecule has 71 heavy (non-hydrogen) atoms. The maximum absolute atomic E-state index is 12.9. The van der Waals surface area contributed by atoms with Gasteiger partial charge >= 0.3 is 17.9 Å². The summed E-state index contributed by atoms with van der Waals surface area (Å²) in [4.78, 5) is 38.3. The van der Waals surface area contributed by atoms with Gasteiger partial charge in [-0.15, -0.1) is 0 Å². The van der Waals surface area contributed by atoms with Crippen LogP contribution >= 0.6 is 0 Å². The van der Waals surface area contributed by atoms with Gasteiger partial charge in [-0.25, -0.2) is 0 Å². The van der Waals surface area contributed by atoms with Crippen molar-refractivity contribution in [1.29, 1.82) is 0 Å². The van der Waals surface area contributed by atoms with Crippen molar-refractivity contribution in [1.82, 2.24) is 0 Å². The molecule has 0 aliphatic carbocycles. The SMILES string of the molecule is CCCCCCCC/C=C\C/C=C\C/C=C\CCCC(=O)OC[C@H](COC(=O)CCCCCCCCCCCCCCCCCCCCC)OC(=O)CCCCCCCCCCCCCCCCCCC. The first-order valence-electron chi connectivity index (χ1n) is 31.5. The van der Waals surface area contributed by atoms with Gasteiger partial charge in [0.2, 0.25) is 0 Å². The Morgan fingerprint density at radius 1 is 0.282 bits per heavy atom. The van der Waals surface area contributed by atoms with Crippen molar-refractivity contribution < 1.29 is 28.6 Å². The van der Waals surface area contributed by atoms with Gasteiger partial charge in [0.1, 0.15) is 13.2 Å². The highest BCUT2D eigenvalue weighted by Crippen LogP contribution is 2.18. The zero-order valence-electron chi connectivity index (χ0n) is 47.8. The minimum absolute atomic E-state index is 0.0821. The number of allylic oxidation sites excluding steroid dienone is 6. The number of hydrogen-bond donors (Lipinski definition) is 0. The summed E-state index contributed by atoms with van der Waals surface area (Å²) < 4.78 is 16.9. The number of rotatable bonds is 58. The first-order valence-corrected chi connectivity index (χ1v) is 31.5. The number of ether oxygens (including phenoxy) is 3. The molecule has 1 atom stereocenters. The Morgan fingerprint density at radius 2 is 0.521 bits per heavy atom. The van der Waals surface area contributed by atoms with E-state index in [1.54, 1.807) is 0 Å². The third kappa shape index (κ3) is 58.4. The van der Waals surface area contributed by atoms with Crippen LogP contribution < -0.4 is 0 Å². The van der Waals surface area contributed by atoms with Gasteiger partial charge in [-0.3, -0.25) is 14.4 Å². The molecule has 0 heterocycles. The molecule has 6 heteroatoms. The number of carbonyl (C=O) groups is 3. The fourth-order valence-electron chi connectivity index (χ4n) is 9.40. The maximum atomic E-state index is 12.9. The van der Waals surface area contributed by atoms with Gasteiger partial charge < -0.3 is 14.2 Å². The summed E-state index contributed by atoms with van der Waals surface area (Å²) in [7, 11) is 0. The third-order valence-corrected chi connectivity index (χ3v) is 14.1. The van der Waals surface area contributed by atoms with Crippen molar-refractivity contribution in [2.45, 2.75) is 348 Å². The van der Waals surface area contributed by atoms with E-state index in [1.807, 2.05) is 0 Å². The Kier molecular flexibility index (Phi) is 58.2. The molecule has 0 aliphatic heterocycles. The van der Waals surface area contributed by atoms with E-state index >= 15 is 0 Å². The van der Waals surface area contributed by atoms with Gasteiger partial charge in [0, 0.05) is 19.3 Å². The smallest absolute Gasteiger partial charge is 0.306 e. The van der Waals surface area contributed by atoms with Crippen LogP contribution in [0.4, 0.5) is 0 Å². The predicted octanol–water partition coefficient (Wildman–Crippen LogP) is 21.2. The predicted molar refractivity (Wildman–Crippen MR) is 307 cm³/mol. The molecule has 0 bridgehead atoms. The number of esters is 3. The van der Waals surface area contributed by atoms with Crippen LogP contribution in [-0.2, 0) is 28.6 Å². The molecule has 0 saturated carbocycles. The molecule has 0 rings (SSSR count). The number of hydrogen-bond acceptors (Lipinski definition) is 6. The van der Waals surface area contributed by atoms with Crippen LogP contribution in [-0.4, -0.2) is 37.2 Å². The van der Waals surface area contributed by atoms with E-state index in [0.29, 0.717) is 25.7 Å². The van der Waals surface area contributed by atoms with Crippen molar-refractivity contribution in [3.05, 3.63) is 36.5 Å². The molecular weight excluding hydrogens is 877 g/mol. The highest BCUT2D eigenvalue weighted by Gasteiger charge is 2.19. The molecule has 416 valence electrons. The third-order valence-electron chi connectivity index (χ3n) is 14.1. The maximum Gasteiger partial charge on any atom is 0.306 e. The summed E-state index contributed by atoms with van der Waals surface area (Å²) in [6, 6.07) is 0. The van der Waals surface area contributed by atoms with E-state index in [1.165, 1.54) is 238 Å². The van der Waals surface area contributed by atoms with Crippen LogP contribution in [0.5, 0.6) is 0 Å². The standard InChI is InChI=1S/C65H120O6/c1-4-7-10-13-16-19-22-25-28-31-32-35-37-40-43-46-49-52-55-58-64(67)70-61-62(71-65(68)59-56-53-50-47-44-41-38-34-30-27-24-21-18-15-12-9-6-3)60-69-63(66)57-54-51-48-45-42-39-36-33-29-26-23-20-17-14-11-8-5-2/h26,29,36,39,45,48,62H,4-25,27-28,30-35,37-38,40-44,46-47,49-61H2,1-3H3/b29-26-,39-36-,48-45-/t62-/m1/s1. The van der Waals surface area contributed by atoms with E-state index in [4.69, 9.17) is 14.2 Å². The lowest BCUT2D eigenvalue weighted by molar-refractivity contribution is -0.167. The Hall–Kier alpha value is -2.37. The molecule has 0 fully saturated rings. The van der Waals surface area contributed by atoms with Crippen LogP contribution in [0.1, 0.15) is 342 Å². The topological polar surface area (TPSA) is 78.9 Å². The van der Waals surface area contributed by atoms with Gasteiger partial charge in [-0.2, -0.15) is 0 Å². The van der Waals surface area contributed by atoms with Crippen molar-refractivity contribution in [3.63, 3.8) is 0 Å². The Labute approximate surface area is 442 Å². The van der Waals surface area contributed by atoms with E-state index in [9.17, 15) is 14.4 Å². The van der Waals surface area contributed by atoms with Crippen LogP contribution in [0.2, 0.25) is 0 Å². The van der Waals surface area contributed by atoms with Crippen LogP contribution in [0.25, 0.3) is 0 Å². The lowest BCUT2D eigenvalue weighted by Gasteiger charge is -2.18. The lowest BCUT2D eigenvalue weighted by Crippen LogP contribution is -2.30. The van der Waals surface area contributed by atoms with Crippen LogP contribution in [0.3, 0.4) is 0 Å². The van der Waals surface area contributed by atoms with Crippen molar-refractivity contribution in [2.75, 3.05) is 13.2 Å². The molecule has 6 nitrogen and oxygen atoms in total. The monoisotopic (exact) mass is 997 g/mol. The highest BCUT2D eigenvalue weighted by molar-refractivity contribution is 5.71. The molecule has 0 aromatic rings. The molecule has 0 N–H and O–H groups in total. The first kappa shape index (κ1) is 68.6. The fraction of sp³-hybridized carbons (Fsp3) is 0.862. The summed E-state index contributed by atoms with van der Waals surface area (Å²) in [6.45, 7) is 6.65. The summed E-state index contributed by atoms with van der Waals surface area (Å²) in [5.74, 6) is -0.912. The molecule has 0 spiro atoms. The highest BCUT2D eigenvalue weighted by atomic mass is 16.6. The number of carbonyl (C=O) groups excluding carboxylic acids is 3. The quantitative estimate of drug-likeness (QED) is 0.0261. The van der Waals surface area contributed by atoms with Crippen LogP contribution in [0.15, 0.2) is 36.5 Å². The minimum Gasteiger partial charge on any atom is -0.462 e. The summed E-state index contributed by atoms with van der Waals surface area (Å²) in [6.07, 6.45) is 72.9. The zero-order valence-corrected chi connectivity index (χ0v) is 47.8. The number of unbranched alkanes of at least 4 members (excludes halogenated alkanes) is 41. The second-order valence-electron chi connectivity index (χ2n) is 21.3. The molecule has 0 amide bonds. The minimum atomic E-state index is -0.789. The van der Waals surface area contributed by atoms with Gasteiger partial charge in [-0.1, -0.05) is 308 Å².